The first-order valence-electron chi connectivity index (χ1n) is 0.707. The Balaban J connectivity index is -0.00000000167. The third-order valence-electron chi connectivity index (χ3n) is 0. The van der Waals surface area contributed by atoms with E-state index in [9.17, 15) is 0 Å². The molecule has 0 aromatic carbocycles. The SMILES string of the molecule is C[NH3+].[Cl-].[Cl-].[NH4+]. The van der Waals surface area contributed by atoms with E-state index in [0.717, 1.165) is 0 Å². The average Bonchev–Trinajstić information content (AvgIpc) is 1.00. The van der Waals surface area contributed by atoms with Crippen LogP contribution in [0.3, 0.4) is 0 Å². The maximum atomic E-state index is 3.25. The summed E-state index contributed by atoms with van der Waals surface area (Å²) in [7, 11) is 1.75. The molecule has 0 amide bonds. The summed E-state index contributed by atoms with van der Waals surface area (Å²) in [4.78, 5) is 0. The fourth-order valence-electron chi connectivity index (χ4n) is 0. The molecule has 0 aliphatic carbocycles. The van der Waals surface area contributed by atoms with Crippen molar-refractivity contribution in [1.82, 2.24) is 6.15 Å². The van der Waals surface area contributed by atoms with Crippen LogP contribution in [0.4, 0.5) is 0 Å². The van der Waals surface area contributed by atoms with Gasteiger partial charge in [-0.15, -0.1) is 0 Å². The van der Waals surface area contributed by atoms with E-state index in [1.165, 1.54) is 0 Å². The van der Waals surface area contributed by atoms with E-state index in [1.807, 2.05) is 0 Å². The second-order valence-electron chi connectivity index (χ2n) is 0. The minimum atomic E-state index is 0. The number of halogens is 2. The van der Waals surface area contributed by atoms with Crippen molar-refractivity contribution < 1.29 is 30.5 Å². The molecule has 7 N–H and O–H groups in total. The van der Waals surface area contributed by atoms with Crippen LogP contribution in [0.25, 0.3) is 0 Å². The molecule has 0 radical (unpaired) electrons. The van der Waals surface area contributed by atoms with Crippen molar-refractivity contribution in [3.63, 3.8) is 0 Å². The summed E-state index contributed by atoms with van der Waals surface area (Å²) in [6, 6.07) is 0. The van der Waals surface area contributed by atoms with Gasteiger partial charge in [-0.1, -0.05) is 0 Å². The zero-order chi connectivity index (χ0) is 2.00. The van der Waals surface area contributed by atoms with Gasteiger partial charge >= 0.3 is 0 Å². The van der Waals surface area contributed by atoms with Crippen LogP contribution in [0.1, 0.15) is 0 Å². The van der Waals surface area contributed by atoms with E-state index in [1.54, 1.807) is 7.05 Å². The second kappa shape index (κ2) is 221. The summed E-state index contributed by atoms with van der Waals surface area (Å²) in [6.45, 7) is 0. The first-order valence-corrected chi connectivity index (χ1v) is 0.707. The highest BCUT2D eigenvalue weighted by Crippen LogP contribution is 0.251. The number of hydrogen-bond donors (Lipinski definition) is 2. The molecule has 0 aliphatic rings. The average molecular weight is 121 g/mol. The Morgan fingerprint density at radius 2 is 1.00 bits per heavy atom. The fraction of sp³-hybridized carbons (Fsp3) is 1.00. The predicted molar refractivity (Wildman–Crippen MR) is 14.8 cm³/mol. The summed E-state index contributed by atoms with van der Waals surface area (Å²) < 4.78 is 0. The molecule has 0 saturated heterocycles. The molecule has 0 heterocycles. The highest BCUT2D eigenvalue weighted by molar-refractivity contribution is 3.08. The largest absolute Gasteiger partial charge is 1.00 e. The monoisotopic (exact) mass is 120 g/mol. The highest BCUT2D eigenvalue weighted by atomic mass is 35.5. The van der Waals surface area contributed by atoms with E-state index in [2.05, 4.69) is 5.73 Å². The standard InChI is InChI=1S/CH5N.2ClH.H3N/c1-2;;;/h2H2,1H3;2*1H;1H3. The lowest BCUT2D eigenvalue weighted by Crippen LogP contribution is -3.00. The van der Waals surface area contributed by atoms with Crippen LogP contribution < -0.4 is 36.7 Å². The van der Waals surface area contributed by atoms with Crippen molar-refractivity contribution in [2.45, 2.75) is 0 Å². The molecule has 0 aliphatic heterocycles. The third-order valence-corrected chi connectivity index (χ3v) is 0. The Morgan fingerprint density at radius 3 is 1.00 bits per heavy atom. The lowest BCUT2D eigenvalue weighted by molar-refractivity contribution is -0.325. The zero-order valence-corrected chi connectivity index (χ0v) is 4.97. The van der Waals surface area contributed by atoms with Crippen molar-refractivity contribution in [1.29, 1.82) is 0 Å². The maximum Gasteiger partial charge on any atom is 0.0634 e. The topological polar surface area (TPSA) is 64.1 Å². The maximum absolute atomic E-state index is 3.25. The van der Waals surface area contributed by atoms with Crippen molar-refractivity contribution in [2.75, 3.05) is 7.05 Å². The van der Waals surface area contributed by atoms with Crippen LogP contribution in [-0.4, -0.2) is 7.05 Å². The highest BCUT2D eigenvalue weighted by Gasteiger charge is 0.874. The Kier molecular flexibility index (Phi) is 2180. The van der Waals surface area contributed by atoms with Crippen LogP contribution in [0, 0.1) is 0 Å². The van der Waals surface area contributed by atoms with E-state index in [4.69, 9.17) is 0 Å². The molecule has 4 heteroatoms. The second-order valence-corrected chi connectivity index (χ2v) is 0. The molecule has 0 spiro atoms. The van der Waals surface area contributed by atoms with Crippen LogP contribution in [0.5, 0.6) is 0 Å². The van der Waals surface area contributed by atoms with Crippen LogP contribution in [0.2, 0.25) is 0 Å². The van der Waals surface area contributed by atoms with Crippen LogP contribution >= 0.6 is 0 Å². The van der Waals surface area contributed by atoms with Crippen LogP contribution in [0.15, 0.2) is 0 Å². The molecule has 0 aromatic heterocycles. The van der Waals surface area contributed by atoms with Gasteiger partial charge in [-0.25, -0.2) is 0 Å². The predicted octanol–water partition coefficient (Wildman–Crippen LogP) is -6.76. The first kappa shape index (κ1) is 49.5. The summed E-state index contributed by atoms with van der Waals surface area (Å²) in [6.07, 6.45) is 0. The number of rotatable bonds is 0. The number of quaternary nitrogens is 2. The fourth-order valence-corrected chi connectivity index (χ4v) is 0. The van der Waals surface area contributed by atoms with E-state index in [0.29, 0.717) is 0 Å². The molecule has 0 unspecified atom stereocenters. The number of hydrogen-bond acceptors (Lipinski definition) is 0. The normalized spacial score (nSPS) is 1.20. The minimum Gasteiger partial charge on any atom is -1.00 e. The van der Waals surface area contributed by atoms with Gasteiger partial charge in [0.25, 0.3) is 0 Å². The van der Waals surface area contributed by atoms with Crippen LogP contribution in [-0.2, 0) is 0 Å². The van der Waals surface area contributed by atoms with Gasteiger partial charge in [0.05, 0.1) is 7.05 Å². The summed E-state index contributed by atoms with van der Waals surface area (Å²) >= 11 is 0. The Morgan fingerprint density at radius 1 is 1.00 bits per heavy atom. The van der Waals surface area contributed by atoms with E-state index < -0.39 is 0 Å². The van der Waals surface area contributed by atoms with Crippen molar-refractivity contribution in [2.24, 2.45) is 0 Å². The molecule has 0 saturated carbocycles. The van der Waals surface area contributed by atoms with Crippen molar-refractivity contribution in [3.05, 3.63) is 0 Å². The van der Waals surface area contributed by atoms with Gasteiger partial charge in [-0.05, 0) is 0 Å². The Bertz CT molecular complexity index is 7.61. The van der Waals surface area contributed by atoms with Gasteiger partial charge in [0, 0.05) is 0 Å². The summed E-state index contributed by atoms with van der Waals surface area (Å²) in [5.74, 6) is 0. The molecule has 2 nitrogen and oxygen atoms in total. The van der Waals surface area contributed by atoms with E-state index >= 15 is 0 Å². The summed E-state index contributed by atoms with van der Waals surface area (Å²) in [5.41, 5.74) is 3.25. The Hall–Kier alpha value is 0.500. The first-order chi connectivity index (χ1) is 1.00. The Labute approximate surface area is 44.5 Å². The van der Waals surface area contributed by atoms with E-state index in [-0.39, 0.29) is 31.0 Å². The smallest absolute Gasteiger partial charge is 0.0634 e. The molecule has 0 aromatic rings. The molecule has 0 bridgehead atoms. The molecular weight excluding hydrogens is 111 g/mol. The van der Waals surface area contributed by atoms with Crippen molar-refractivity contribution in [3.8, 4) is 0 Å². The van der Waals surface area contributed by atoms with Gasteiger partial charge < -0.3 is 36.7 Å². The van der Waals surface area contributed by atoms with Gasteiger partial charge in [-0.3, -0.25) is 0 Å². The quantitative estimate of drug-likeness (QED) is 0.320. The lowest BCUT2D eigenvalue weighted by atomic mass is 11.6. The molecule has 5 heavy (non-hydrogen) atoms. The third kappa shape index (κ3) is 113. The van der Waals surface area contributed by atoms with Gasteiger partial charge in [0.15, 0.2) is 0 Å². The molecule has 38 valence electrons. The molecular formula is CH10Cl2N2. The van der Waals surface area contributed by atoms with Crippen molar-refractivity contribution >= 4 is 0 Å². The van der Waals surface area contributed by atoms with Gasteiger partial charge in [0.1, 0.15) is 0 Å². The minimum absolute atomic E-state index is 0. The van der Waals surface area contributed by atoms with Gasteiger partial charge in [0.2, 0.25) is 0 Å². The zero-order valence-electron chi connectivity index (χ0n) is 3.46. The molecule has 0 atom stereocenters. The summed E-state index contributed by atoms with van der Waals surface area (Å²) in [5, 5.41) is 0. The molecule has 0 fully saturated rings. The lowest BCUT2D eigenvalue weighted by Gasteiger charge is -1.17. The van der Waals surface area contributed by atoms with Gasteiger partial charge in [-0.2, -0.15) is 0 Å². The molecule has 0 rings (SSSR count).